The fourth-order valence-corrected chi connectivity index (χ4v) is 1.90. The van der Waals surface area contributed by atoms with Crippen LogP contribution in [0.4, 0.5) is 10.1 Å². The second-order valence-electron chi connectivity index (χ2n) is 4.55. The number of benzene rings is 2. The van der Waals surface area contributed by atoms with Gasteiger partial charge in [-0.25, -0.2) is 4.39 Å². The molecule has 2 nitrogen and oxygen atoms in total. The van der Waals surface area contributed by atoms with Gasteiger partial charge in [-0.15, -0.1) is 0 Å². The van der Waals surface area contributed by atoms with Gasteiger partial charge in [0.05, 0.1) is 0 Å². The fourth-order valence-electron chi connectivity index (χ4n) is 1.90. The Kier molecular flexibility index (Phi) is 4.39. The zero-order valence-electron chi connectivity index (χ0n) is 11.2. The molecule has 0 atom stereocenters. The maximum atomic E-state index is 12.7. The number of rotatable bonds is 5. The third kappa shape index (κ3) is 3.98. The lowest BCUT2D eigenvalue weighted by atomic mass is 10.1. The predicted molar refractivity (Wildman–Crippen MR) is 76.3 cm³/mol. The summed E-state index contributed by atoms with van der Waals surface area (Å²) in [6.45, 7) is 5.41. The van der Waals surface area contributed by atoms with Crippen LogP contribution in [0.5, 0.6) is 5.75 Å². The standard InChI is InChI=1S/C16H18FNO/c1-12-3-8-16(13(2)11-12)18-9-10-19-15-6-4-14(17)5-7-15/h3-8,11,18H,9-10H2,1-2H3. The molecule has 19 heavy (non-hydrogen) atoms. The number of aryl methyl sites for hydroxylation is 2. The summed E-state index contributed by atoms with van der Waals surface area (Å²) in [4.78, 5) is 0. The third-order valence-electron chi connectivity index (χ3n) is 2.88. The zero-order chi connectivity index (χ0) is 13.7. The van der Waals surface area contributed by atoms with E-state index in [1.807, 2.05) is 0 Å². The molecule has 0 aromatic heterocycles. The van der Waals surface area contributed by atoms with Crippen LogP contribution in [-0.2, 0) is 0 Å². The van der Waals surface area contributed by atoms with Gasteiger partial charge in [0.15, 0.2) is 0 Å². The maximum absolute atomic E-state index is 12.7. The van der Waals surface area contributed by atoms with E-state index in [4.69, 9.17) is 4.74 Å². The molecule has 1 N–H and O–H groups in total. The van der Waals surface area contributed by atoms with Gasteiger partial charge in [-0.3, -0.25) is 0 Å². The predicted octanol–water partition coefficient (Wildman–Crippen LogP) is 3.93. The lowest BCUT2D eigenvalue weighted by Crippen LogP contribution is -2.12. The minimum atomic E-state index is -0.249. The lowest BCUT2D eigenvalue weighted by molar-refractivity contribution is 0.332. The second kappa shape index (κ2) is 6.23. The first-order valence-electron chi connectivity index (χ1n) is 6.34. The minimum absolute atomic E-state index is 0.249. The van der Waals surface area contributed by atoms with Gasteiger partial charge in [-0.05, 0) is 49.7 Å². The molecule has 0 unspecified atom stereocenters. The van der Waals surface area contributed by atoms with Crippen molar-refractivity contribution in [3.8, 4) is 5.75 Å². The first-order chi connectivity index (χ1) is 9.15. The monoisotopic (exact) mass is 259 g/mol. The van der Waals surface area contributed by atoms with Crippen molar-refractivity contribution in [2.75, 3.05) is 18.5 Å². The van der Waals surface area contributed by atoms with Gasteiger partial charge in [-0.2, -0.15) is 0 Å². The van der Waals surface area contributed by atoms with E-state index in [1.165, 1.54) is 23.3 Å². The van der Waals surface area contributed by atoms with E-state index >= 15 is 0 Å². The lowest BCUT2D eigenvalue weighted by Gasteiger charge is -2.11. The summed E-state index contributed by atoms with van der Waals surface area (Å²) in [5.74, 6) is 0.435. The van der Waals surface area contributed by atoms with Crippen LogP contribution in [0.25, 0.3) is 0 Å². The Balaban J connectivity index is 1.79. The molecular weight excluding hydrogens is 241 g/mol. The molecule has 2 aromatic rings. The Morgan fingerprint density at radius 2 is 1.79 bits per heavy atom. The SMILES string of the molecule is Cc1ccc(NCCOc2ccc(F)cc2)c(C)c1. The topological polar surface area (TPSA) is 21.3 Å². The highest BCUT2D eigenvalue weighted by Gasteiger charge is 1.98. The molecule has 0 fully saturated rings. The van der Waals surface area contributed by atoms with E-state index in [9.17, 15) is 4.39 Å². The van der Waals surface area contributed by atoms with Crippen molar-refractivity contribution < 1.29 is 9.13 Å². The zero-order valence-corrected chi connectivity index (χ0v) is 11.2. The first-order valence-corrected chi connectivity index (χ1v) is 6.34. The van der Waals surface area contributed by atoms with E-state index in [2.05, 4.69) is 37.4 Å². The Hall–Kier alpha value is -2.03. The highest BCUT2D eigenvalue weighted by atomic mass is 19.1. The number of halogens is 1. The van der Waals surface area contributed by atoms with Crippen molar-refractivity contribution in [3.63, 3.8) is 0 Å². The number of hydrogen-bond acceptors (Lipinski definition) is 2. The van der Waals surface area contributed by atoms with E-state index in [0.29, 0.717) is 18.9 Å². The Bertz CT molecular complexity index is 537. The molecule has 0 saturated carbocycles. The molecule has 3 heteroatoms. The van der Waals surface area contributed by atoms with E-state index < -0.39 is 0 Å². The van der Waals surface area contributed by atoms with Crippen molar-refractivity contribution >= 4 is 5.69 Å². The van der Waals surface area contributed by atoms with Gasteiger partial charge in [-0.1, -0.05) is 17.7 Å². The highest BCUT2D eigenvalue weighted by molar-refractivity contribution is 5.51. The van der Waals surface area contributed by atoms with Gasteiger partial charge >= 0.3 is 0 Å². The quantitative estimate of drug-likeness (QED) is 0.821. The molecule has 2 aromatic carbocycles. The van der Waals surface area contributed by atoms with Crippen LogP contribution in [0.2, 0.25) is 0 Å². The molecular formula is C16H18FNO. The molecule has 0 spiro atoms. The van der Waals surface area contributed by atoms with Crippen molar-refractivity contribution in [2.45, 2.75) is 13.8 Å². The van der Waals surface area contributed by atoms with Crippen LogP contribution in [0.3, 0.4) is 0 Å². The van der Waals surface area contributed by atoms with Gasteiger partial charge in [0, 0.05) is 12.2 Å². The summed E-state index contributed by atoms with van der Waals surface area (Å²) in [5, 5.41) is 3.32. The summed E-state index contributed by atoms with van der Waals surface area (Å²) < 4.78 is 18.2. The molecule has 0 aliphatic heterocycles. The van der Waals surface area contributed by atoms with Crippen LogP contribution < -0.4 is 10.1 Å². The maximum Gasteiger partial charge on any atom is 0.123 e. The summed E-state index contributed by atoms with van der Waals surface area (Å²) >= 11 is 0. The van der Waals surface area contributed by atoms with Crippen molar-refractivity contribution in [2.24, 2.45) is 0 Å². The number of ether oxygens (including phenoxy) is 1. The van der Waals surface area contributed by atoms with Crippen molar-refractivity contribution in [1.82, 2.24) is 0 Å². The normalized spacial score (nSPS) is 10.3. The molecule has 2 rings (SSSR count). The van der Waals surface area contributed by atoms with Crippen LogP contribution in [0.1, 0.15) is 11.1 Å². The smallest absolute Gasteiger partial charge is 0.123 e. The Labute approximate surface area is 113 Å². The Morgan fingerprint density at radius 3 is 2.47 bits per heavy atom. The first kappa shape index (κ1) is 13.4. The van der Waals surface area contributed by atoms with E-state index in [1.54, 1.807) is 12.1 Å². The number of nitrogens with one attached hydrogen (secondary N) is 1. The van der Waals surface area contributed by atoms with Crippen LogP contribution >= 0.6 is 0 Å². The molecule has 0 heterocycles. The molecule has 0 aliphatic carbocycles. The van der Waals surface area contributed by atoms with E-state index in [0.717, 1.165) is 5.69 Å². The fraction of sp³-hybridized carbons (Fsp3) is 0.250. The summed E-state index contributed by atoms with van der Waals surface area (Å²) in [5.41, 5.74) is 3.60. The largest absolute Gasteiger partial charge is 0.492 e. The molecule has 100 valence electrons. The van der Waals surface area contributed by atoms with Crippen LogP contribution in [0, 0.1) is 19.7 Å². The molecule has 0 saturated heterocycles. The summed E-state index contributed by atoms with van der Waals surface area (Å²) in [6, 6.07) is 12.3. The van der Waals surface area contributed by atoms with Crippen LogP contribution in [-0.4, -0.2) is 13.2 Å². The van der Waals surface area contributed by atoms with Gasteiger partial charge in [0.1, 0.15) is 18.2 Å². The molecule has 0 radical (unpaired) electrons. The second-order valence-corrected chi connectivity index (χ2v) is 4.55. The van der Waals surface area contributed by atoms with Gasteiger partial charge in [0.25, 0.3) is 0 Å². The average Bonchev–Trinajstić information content (AvgIpc) is 2.39. The number of anilines is 1. The Morgan fingerprint density at radius 1 is 1.05 bits per heavy atom. The van der Waals surface area contributed by atoms with Gasteiger partial charge < -0.3 is 10.1 Å². The highest BCUT2D eigenvalue weighted by Crippen LogP contribution is 2.16. The van der Waals surface area contributed by atoms with Crippen molar-refractivity contribution in [3.05, 3.63) is 59.4 Å². The minimum Gasteiger partial charge on any atom is -0.492 e. The molecule has 0 bridgehead atoms. The number of hydrogen-bond donors (Lipinski definition) is 1. The summed E-state index contributed by atoms with van der Waals surface area (Å²) in [6.07, 6.45) is 0. The van der Waals surface area contributed by atoms with Crippen LogP contribution in [0.15, 0.2) is 42.5 Å². The molecule has 0 aliphatic rings. The van der Waals surface area contributed by atoms with Gasteiger partial charge in [0.2, 0.25) is 0 Å². The third-order valence-corrected chi connectivity index (χ3v) is 2.88. The molecule has 0 amide bonds. The van der Waals surface area contributed by atoms with E-state index in [-0.39, 0.29) is 5.82 Å². The summed E-state index contributed by atoms with van der Waals surface area (Å²) in [7, 11) is 0. The average molecular weight is 259 g/mol. The van der Waals surface area contributed by atoms with Crippen molar-refractivity contribution in [1.29, 1.82) is 0 Å².